The Labute approximate surface area is 98.8 Å². The normalized spacial score (nSPS) is 10.5. The second kappa shape index (κ2) is 4.86. The number of hydrogen-bond acceptors (Lipinski definition) is 4. The predicted molar refractivity (Wildman–Crippen MR) is 60.5 cm³/mol. The van der Waals surface area contributed by atoms with Gasteiger partial charge in [0.1, 0.15) is 17.1 Å². The minimum Gasteiger partial charge on any atom is -0.467 e. The molecule has 0 bridgehead atoms. The fraction of sp³-hybridized carbons (Fsp3) is 0.333. The number of furan rings is 1. The topological polar surface area (TPSA) is 68.3 Å². The first kappa shape index (κ1) is 11.4. The summed E-state index contributed by atoms with van der Waals surface area (Å²) in [5.74, 6) is 1.07. The van der Waals surface area contributed by atoms with E-state index in [1.54, 1.807) is 19.3 Å². The van der Waals surface area contributed by atoms with Gasteiger partial charge < -0.3 is 14.3 Å². The van der Waals surface area contributed by atoms with E-state index >= 15 is 0 Å². The van der Waals surface area contributed by atoms with Crippen LogP contribution in [0.1, 0.15) is 34.5 Å². The first-order valence-corrected chi connectivity index (χ1v) is 5.48. The molecular weight excluding hydrogens is 220 g/mol. The van der Waals surface area contributed by atoms with Crippen molar-refractivity contribution in [1.82, 2.24) is 10.5 Å². The summed E-state index contributed by atoms with van der Waals surface area (Å²) in [6.07, 6.45) is 2.24. The summed E-state index contributed by atoms with van der Waals surface area (Å²) >= 11 is 0. The molecule has 0 spiro atoms. The van der Waals surface area contributed by atoms with Crippen molar-refractivity contribution in [2.24, 2.45) is 0 Å². The molecule has 2 aromatic heterocycles. The van der Waals surface area contributed by atoms with Crippen LogP contribution in [0.15, 0.2) is 27.3 Å². The van der Waals surface area contributed by atoms with Crippen LogP contribution < -0.4 is 5.32 Å². The molecule has 0 saturated carbocycles. The van der Waals surface area contributed by atoms with Crippen LogP contribution in [0.3, 0.4) is 0 Å². The fourth-order valence-corrected chi connectivity index (χ4v) is 1.62. The third kappa shape index (κ3) is 2.38. The maximum absolute atomic E-state index is 11.9. The van der Waals surface area contributed by atoms with Crippen molar-refractivity contribution in [1.29, 1.82) is 0 Å². The van der Waals surface area contributed by atoms with E-state index in [4.69, 9.17) is 8.94 Å². The van der Waals surface area contributed by atoms with E-state index < -0.39 is 0 Å². The number of aromatic nitrogens is 1. The average molecular weight is 234 g/mol. The zero-order valence-corrected chi connectivity index (χ0v) is 9.82. The van der Waals surface area contributed by atoms with Crippen LogP contribution in [0.25, 0.3) is 0 Å². The predicted octanol–water partition coefficient (Wildman–Crippen LogP) is 2.07. The lowest BCUT2D eigenvalue weighted by atomic mass is 10.1. The van der Waals surface area contributed by atoms with Gasteiger partial charge in [-0.25, -0.2) is 0 Å². The summed E-state index contributed by atoms with van der Waals surface area (Å²) in [6.45, 7) is 4.02. The first-order valence-electron chi connectivity index (χ1n) is 5.48. The lowest BCUT2D eigenvalue weighted by molar-refractivity contribution is 0.0945. The monoisotopic (exact) mass is 234 g/mol. The molecule has 90 valence electrons. The Morgan fingerprint density at radius 2 is 2.35 bits per heavy atom. The number of carbonyl (C=O) groups excluding carboxylic acids is 1. The van der Waals surface area contributed by atoms with Gasteiger partial charge >= 0.3 is 0 Å². The number of nitrogens with one attached hydrogen (secondary N) is 1. The standard InChI is InChI=1S/C12H14N2O3/c1-3-10-11(8(2)17-14-10)12(15)13-7-9-5-4-6-16-9/h4-6H,3,7H2,1-2H3,(H,13,15). The Morgan fingerprint density at radius 1 is 1.53 bits per heavy atom. The van der Waals surface area contributed by atoms with E-state index in [1.165, 1.54) is 0 Å². The zero-order valence-electron chi connectivity index (χ0n) is 9.82. The average Bonchev–Trinajstić information content (AvgIpc) is 2.94. The van der Waals surface area contributed by atoms with Crippen molar-refractivity contribution < 1.29 is 13.7 Å². The molecule has 2 heterocycles. The van der Waals surface area contributed by atoms with Crippen LogP contribution in [0, 0.1) is 6.92 Å². The molecule has 0 saturated heterocycles. The Hall–Kier alpha value is -2.04. The molecule has 2 rings (SSSR count). The second-order valence-electron chi connectivity index (χ2n) is 3.68. The van der Waals surface area contributed by atoms with E-state index in [2.05, 4.69) is 10.5 Å². The van der Waals surface area contributed by atoms with Crippen LogP contribution in [0.2, 0.25) is 0 Å². The molecule has 5 nitrogen and oxygen atoms in total. The van der Waals surface area contributed by atoms with E-state index in [0.717, 1.165) is 0 Å². The van der Waals surface area contributed by atoms with Gasteiger partial charge in [-0.05, 0) is 25.5 Å². The number of rotatable bonds is 4. The number of aryl methyl sites for hydroxylation is 2. The summed E-state index contributed by atoms with van der Waals surface area (Å²) in [7, 11) is 0. The SMILES string of the molecule is CCc1noc(C)c1C(=O)NCc1ccco1. The molecular formula is C12H14N2O3. The molecule has 1 amide bonds. The third-order valence-corrected chi connectivity index (χ3v) is 2.50. The van der Waals surface area contributed by atoms with Gasteiger partial charge in [-0.2, -0.15) is 0 Å². The molecule has 5 heteroatoms. The highest BCUT2D eigenvalue weighted by atomic mass is 16.5. The molecule has 17 heavy (non-hydrogen) atoms. The van der Waals surface area contributed by atoms with Crippen LogP contribution in [-0.2, 0) is 13.0 Å². The third-order valence-electron chi connectivity index (χ3n) is 2.50. The highest BCUT2D eigenvalue weighted by Gasteiger charge is 2.18. The van der Waals surface area contributed by atoms with Crippen LogP contribution >= 0.6 is 0 Å². The van der Waals surface area contributed by atoms with Crippen molar-refractivity contribution in [3.63, 3.8) is 0 Å². The largest absolute Gasteiger partial charge is 0.467 e. The van der Waals surface area contributed by atoms with Crippen LogP contribution in [0.5, 0.6) is 0 Å². The Morgan fingerprint density at radius 3 is 3.00 bits per heavy atom. The summed E-state index contributed by atoms with van der Waals surface area (Å²) in [5.41, 5.74) is 1.21. The quantitative estimate of drug-likeness (QED) is 0.879. The highest BCUT2D eigenvalue weighted by molar-refractivity contribution is 5.96. The maximum atomic E-state index is 11.9. The maximum Gasteiger partial charge on any atom is 0.257 e. The van der Waals surface area contributed by atoms with E-state index in [0.29, 0.717) is 35.7 Å². The van der Waals surface area contributed by atoms with Gasteiger partial charge in [0.05, 0.1) is 18.5 Å². The number of carbonyl (C=O) groups is 1. The molecule has 0 aliphatic heterocycles. The molecule has 0 aliphatic rings. The minimum atomic E-state index is -0.183. The highest BCUT2D eigenvalue weighted by Crippen LogP contribution is 2.13. The first-order chi connectivity index (χ1) is 8.22. The molecule has 0 aliphatic carbocycles. The van der Waals surface area contributed by atoms with Gasteiger partial charge in [0.15, 0.2) is 0 Å². The van der Waals surface area contributed by atoms with Gasteiger partial charge in [0.2, 0.25) is 0 Å². The summed E-state index contributed by atoms with van der Waals surface area (Å²) in [4.78, 5) is 11.9. The lowest BCUT2D eigenvalue weighted by Crippen LogP contribution is -2.23. The summed E-state index contributed by atoms with van der Waals surface area (Å²) < 4.78 is 10.1. The van der Waals surface area contributed by atoms with Crippen LogP contribution in [-0.4, -0.2) is 11.1 Å². The minimum absolute atomic E-state index is 0.183. The van der Waals surface area contributed by atoms with E-state index in [1.807, 2.05) is 13.0 Å². The molecule has 1 N–H and O–H groups in total. The Balaban J connectivity index is 2.06. The molecule has 2 aromatic rings. The van der Waals surface area contributed by atoms with Crippen LogP contribution in [0.4, 0.5) is 0 Å². The molecule has 0 unspecified atom stereocenters. The molecule has 0 fully saturated rings. The van der Waals surface area contributed by atoms with E-state index in [-0.39, 0.29) is 5.91 Å². The van der Waals surface area contributed by atoms with Gasteiger partial charge in [-0.15, -0.1) is 0 Å². The lowest BCUT2D eigenvalue weighted by Gasteiger charge is -2.02. The number of amides is 1. The van der Waals surface area contributed by atoms with Crippen molar-refractivity contribution in [2.75, 3.05) is 0 Å². The van der Waals surface area contributed by atoms with Crippen molar-refractivity contribution in [3.05, 3.63) is 41.2 Å². The van der Waals surface area contributed by atoms with Gasteiger partial charge in [0, 0.05) is 0 Å². The van der Waals surface area contributed by atoms with Gasteiger partial charge in [-0.3, -0.25) is 4.79 Å². The van der Waals surface area contributed by atoms with Gasteiger partial charge in [0.25, 0.3) is 5.91 Å². The van der Waals surface area contributed by atoms with Gasteiger partial charge in [-0.1, -0.05) is 12.1 Å². The Bertz CT molecular complexity index is 500. The number of hydrogen-bond donors (Lipinski definition) is 1. The zero-order chi connectivity index (χ0) is 12.3. The second-order valence-corrected chi connectivity index (χ2v) is 3.68. The molecule has 0 atom stereocenters. The number of nitrogens with zero attached hydrogens (tertiary/aromatic N) is 1. The summed E-state index contributed by atoms with van der Waals surface area (Å²) in [5, 5.41) is 6.61. The van der Waals surface area contributed by atoms with Crippen molar-refractivity contribution >= 4 is 5.91 Å². The van der Waals surface area contributed by atoms with E-state index in [9.17, 15) is 4.79 Å². The Kier molecular flexibility index (Phi) is 3.27. The smallest absolute Gasteiger partial charge is 0.257 e. The molecule has 0 aromatic carbocycles. The molecule has 0 radical (unpaired) electrons. The van der Waals surface area contributed by atoms with Crippen molar-refractivity contribution in [2.45, 2.75) is 26.8 Å². The fourth-order valence-electron chi connectivity index (χ4n) is 1.62. The summed E-state index contributed by atoms with van der Waals surface area (Å²) in [6, 6.07) is 3.59. The van der Waals surface area contributed by atoms with Crippen molar-refractivity contribution in [3.8, 4) is 0 Å².